The molecule has 1 aliphatic heterocycles. The van der Waals surface area contributed by atoms with Gasteiger partial charge in [-0.05, 0) is 30.7 Å². The summed E-state index contributed by atoms with van der Waals surface area (Å²) in [6, 6.07) is 4.27. The first-order chi connectivity index (χ1) is 9.16. The standard InChI is InChI=1S/C14H18N2O2S/c1-16-12(17)7-6-10(14(18)15-9-4-5-9)13(16)11-3-2-8-19-11/h2-3,8-10,13H,4-7H2,1H3,(H,15,18)/t10-,13+/m0/s1. The molecule has 2 atom stereocenters. The summed E-state index contributed by atoms with van der Waals surface area (Å²) in [4.78, 5) is 27.1. The minimum Gasteiger partial charge on any atom is -0.353 e. The Morgan fingerprint density at radius 2 is 2.21 bits per heavy atom. The lowest BCUT2D eigenvalue weighted by Crippen LogP contribution is -2.46. The summed E-state index contributed by atoms with van der Waals surface area (Å²) in [5.41, 5.74) is 0. The highest BCUT2D eigenvalue weighted by Gasteiger charge is 2.40. The monoisotopic (exact) mass is 278 g/mol. The van der Waals surface area contributed by atoms with Gasteiger partial charge in [-0.25, -0.2) is 0 Å². The van der Waals surface area contributed by atoms with Crippen molar-refractivity contribution in [2.75, 3.05) is 7.05 Å². The van der Waals surface area contributed by atoms with E-state index in [1.165, 1.54) is 0 Å². The Balaban J connectivity index is 1.83. The number of carbonyl (C=O) groups excluding carboxylic acids is 2. The van der Waals surface area contributed by atoms with Crippen LogP contribution in [-0.4, -0.2) is 29.8 Å². The second-order valence-corrected chi connectivity index (χ2v) is 6.37. The fourth-order valence-electron chi connectivity index (χ4n) is 2.70. The normalized spacial score (nSPS) is 27.4. The highest BCUT2D eigenvalue weighted by molar-refractivity contribution is 7.10. The van der Waals surface area contributed by atoms with Gasteiger partial charge in [-0.1, -0.05) is 6.07 Å². The molecule has 1 aliphatic carbocycles. The van der Waals surface area contributed by atoms with Crippen molar-refractivity contribution in [1.82, 2.24) is 10.2 Å². The van der Waals surface area contributed by atoms with Gasteiger partial charge in [0.1, 0.15) is 0 Å². The molecule has 2 amide bonds. The lowest BCUT2D eigenvalue weighted by atomic mass is 9.87. The minimum absolute atomic E-state index is 0.0972. The highest BCUT2D eigenvalue weighted by Crippen LogP contribution is 2.38. The molecule has 1 aromatic rings. The SMILES string of the molecule is CN1C(=O)CC[C@H](C(=O)NC2CC2)[C@@H]1c1cccs1. The van der Waals surface area contributed by atoms with Crippen LogP contribution >= 0.6 is 11.3 Å². The van der Waals surface area contributed by atoms with Gasteiger partial charge < -0.3 is 10.2 Å². The van der Waals surface area contributed by atoms with Gasteiger partial charge in [0.15, 0.2) is 0 Å². The number of nitrogens with one attached hydrogen (secondary N) is 1. The predicted molar refractivity (Wildman–Crippen MR) is 73.7 cm³/mol. The van der Waals surface area contributed by atoms with Crippen molar-refractivity contribution < 1.29 is 9.59 Å². The van der Waals surface area contributed by atoms with Crippen LogP contribution in [0.5, 0.6) is 0 Å². The maximum absolute atomic E-state index is 12.4. The maximum Gasteiger partial charge on any atom is 0.225 e. The topological polar surface area (TPSA) is 49.4 Å². The fraction of sp³-hybridized carbons (Fsp3) is 0.571. The summed E-state index contributed by atoms with van der Waals surface area (Å²) in [6.07, 6.45) is 3.32. The number of hydrogen-bond acceptors (Lipinski definition) is 3. The van der Waals surface area contributed by atoms with Crippen LogP contribution in [0, 0.1) is 5.92 Å². The van der Waals surface area contributed by atoms with E-state index < -0.39 is 0 Å². The Morgan fingerprint density at radius 3 is 2.84 bits per heavy atom. The molecule has 0 bridgehead atoms. The zero-order chi connectivity index (χ0) is 13.4. The molecule has 3 rings (SSSR count). The van der Waals surface area contributed by atoms with Crippen LogP contribution < -0.4 is 5.32 Å². The maximum atomic E-state index is 12.4. The van der Waals surface area contributed by atoms with E-state index in [1.807, 2.05) is 24.6 Å². The molecule has 0 unspecified atom stereocenters. The molecule has 2 heterocycles. The zero-order valence-electron chi connectivity index (χ0n) is 11.0. The summed E-state index contributed by atoms with van der Waals surface area (Å²) in [7, 11) is 1.81. The zero-order valence-corrected chi connectivity index (χ0v) is 11.8. The highest BCUT2D eigenvalue weighted by atomic mass is 32.1. The van der Waals surface area contributed by atoms with Crippen molar-refractivity contribution in [1.29, 1.82) is 0 Å². The second-order valence-electron chi connectivity index (χ2n) is 5.39. The van der Waals surface area contributed by atoms with Crippen molar-refractivity contribution >= 4 is 23.2 Å². The molecule has 5 heteroatoms. The number of rotatable bonds is 3. The van der Waals surface area contributed by atoms with Crippen molar-refractivity contribution in [3.05, 3.63) is 22.4 Å². The summed E-state index contributed by atoms with van der Waals surface area (Å²) in [5.74, 6) is 0.135. The summed E-state index contributed by atoms with van der Waals surface area (Å²) < 4.78 is 0. The van der Waals surface area contributed by atoms with Crippen LogP contribution in [0.3, 0.4) is 0 Å². The Morgan fingerprint density at radius 1 is 1.42 bits per heavy atom. The third-order valence-corrected chi connectivity index (χ3v) is 4.90. The average molecular weight is 278 g/mol. The summed E-state index contributed by atoms with van der Waals surface area (Å²) in [6.45, 7) is 0. The first-order valence-electron chi connectivity index (χ1n) is 6.76. The van der Waals surface area contributed by atoms with Gasteiger partial charge in [0.25, 0.3) is 0 Å². The number of hydrogen-bond donors (Lipinski definition) is 1. The Hall–Kier alpha value is -1.36. The molecule has 1 saturated heterocycles. The molecular formula is C14H18N2O2S. The first kappa shape index (κ1) is 12.7. The van der Waals surface area contributed by atoms with E-state index in [1.54, 1.807) is 16.2 Å². The second kappa shape index (κ2) is 4.96. The smallest absolute Gasteiger partial charge is 0.225 e. The van der Waals surface area contributed by atoms with Crippen LogP contribution in [0.25, 0.3) is 0 Å². The number of amides is 2. The van der Waals surface area contributed by atoms with Gasteiger partial charge in [0.2, 0.25) is 11.8 Å². The molecule has 0 spiro atoms. The van der Waals surface area contributed by atoms with Crippen LogP contribution in [0.15, 0.2) is 17.5 Å². The predicted octanol–water partition coefficient (Wildman–Crippen LogP) is 1.94. The van der Waals surface area contributed by atoms with Crippen LogP contribution in [0.4, 0.5) is 0 Å². The number of thiophene rings is 1. The molecule has 1 saturated carbocycles. The van der Waals surface area contributed by atoms with E-state index in [-0.39, 0.29) is 23.8 Å². The number of nitrogens with zero attached hydrogens (tertiary/aromatic N) is 1. The minimum atomic E-state index is -0.109. The molecule has 2 aliphatic rings. The Kier molecular flexibility index (Phi) is 3.31. The number of carbonyl (C=O) groups is 2. The van der Waals surface area contributed by atoms with Crippen LogP contribution in [0.1, 0.15) is 36.6 Å². The average Bonchev–Trinajstić information content (AvgIpc) is 3.04. The molecule has 0 aromatic carbocycles. The molecule has 19 heavy (non-hydrogen) atoms. The third-order valence-electron chi connectivity index (χ3n) is 3.96. The van der Waals surface area contributed by atoms with Crippen LogP contribution in [-0.2, 0) is 9.59 Å². The Labute approximate surface area is 116 Å². The molecule has 0 radical (unpaired) electrons. The Bertz CT molecular complexity index is 482. The van der Waals surface area contributed by atoms with Crippen molar-refractivity contribution in [3.63, 3.8) is 0 Å². The molecular weight excluding hydrogens is 260 g/mol. The van der Waals surface area contributed by atoms with Gasteiger partial charge in [-0.2, -0.15) is 0 Å². The largest absolute Gasteiger partial charge is 0.353 e. The molecule has 1 N–H and O–H groups in total. The van der Waals surface area contributed by atoms with Gasteiger partial charge in [0.05, 0.1) is 12.0 Å². The molecule has 4 nitrogen and oxygen atoms in total. The third kappa shape index (κ3) is 2.52. The molecule has 1 aromatic heterocycles. The fourth-order valence-corrected chi connectivity index (χ4v) is 3.63. The van der Waals surface area contributed by atoms with Crippen molar-refractivity contribution in [3.8, 4) is 0 Å². The number of piperidine rings is 1. The van der Waals surface area contributed by atoms with E-state index in [0.29, 0.717) is 18.9 Å². The summed E-state index contributed by atoms with van der Waals surface area (Å²) in [5, 5.41) is 5.08. The van der Waals surface area contributed by atoms with Crippen molar-refractivity contribution in [2.45, 2.75) is 37.8 Å². The van der Waals surface area contributed by atoms with E-state index >= 15 is 0 Å². The van der Waals surface area contributed by atoms with E-state index in [2.05, 4.69) is 5.32 Å². The molecule has 102 valence electrons. The first-order valence-corrected chi connectivity index (χ1v) is 7.64. The quantitative estimate of drug-likeness (QED) is 0.918. The van der Waals surface area contributed by atoms with E-state index in [0.717, 1.165) is 17.7 Å². The van der Waals surface area contributed by atoms with E-state index in [9.17, 15) is 9.59 Å². The van der Waals surface area contributed by atoms with Gasteiger partial charge >= 0.3 is 0 Å². The van der Waals surface area contributed by atoms with E-state index in [4.69, 9.17) is 0 Å². The van der Waals surface area contributed by atoms with Gasteiger partial charge in [-0.3, -0.25) is 9.59 Å². The lowest BCUT2D eigenvalue weighted by molar-refractivity contribution is -0.141. The van der Waals surface area contributed by atoms with Gasteiger partial charge in [-0.15, -0.1) is 11.3 Å². The van der Waals surface area contributed by atoms with Crippen LogP contribution in [0.2, 0.25) is 0 Å². The number of likely N-dealkylation sites (tertiary alicyclic amines) is 1. The lowest BCUT2D eigenvalue weighted by Gasteiger charge is -2.37. The molecule has 2 fully saturated rings. The summed E-state index contributed by atoms with van der Waals surface area (Å²) >= 11 is 1.62. The van der Waals surface area contributed by atoms with Gasteiger partial charge in [0, 0.05) is 24.4 Å². The van der Waals surface area contributed by atoms with Crippen molar-refractivity contribution in [2.24, 2.45) is 5.92 Å².